The number of phosphoric acid groups is 1. The Labute approximate surface area is 323 Å². The minimum Gasteiger partial charge on any atom is -0.498 e. The van der Waals surface area contributed by atoms with Crippen LogP contribution in [0.5, 0.6) is 0 Å². The summed E-state index contributed by atoms with van der Waals surface area (Å²) in [6.45, 7) is 4.00. The first-order chi connectivity index (χ1) is 25.8. The third-order valence-electron chi connectivity index (χ3n) is 8.26. The standard InChI is InChI=1S/C43H76NO8P/c1-3-5-7-8-9-10-11-12-13-14-15-19-22-25-28-32-37-49-39-42(40-51-53(47,48)50-38-36-44)52-43(46)35-31-27-24-21-18-16-17-20-23-26-30-34-41(45)33-29-6-4-2/h12-13,16-17,21,23-24,26,30,32,34,37,41-42,45H,3-11,14-15,18-20,22,25,27-29,31,33,35-36,38-40,44H2,1-2H3,(H,47,48)/b13-12-,17-16-,24-21-,26-23-,34-30+,37-32-/t41-,42+/m0/s1. The molecule has 10 heteroatoms. The van der Waals surface area contributed by atoms with Crippen LogP contribution in [0.1, 0.15) is 155 Å². The first-order valence-electron chi connectivity index (χ1n) is 20.6. The molecular weight excluding hydrogens is 689 g/mol. The molecule has 0 fully saturated rings. The van der Waals surface area contributed by atoms with E-state index in [0.717, 1.165) is 70.6 Å². The van der Waals surface area contributed by atoms with Crippen molar-refractivity contribution >= 4 is 13.8 Å². The number of nitrogens with two attached hydrogens (primary N) is 1. The highest BCUT2D eigenvalue weighted by Crippen LogP contribution is 2.43. The lowest BCUT2D eigenvalue weighted by Crippen LogP contribution is -2.27. The number of esters is 1. The molecule has 53 heavy (non-hydrogen) atoms. The number of allylic oxidation sites excluding steroid dienone is 10. The van der Waals surface area contributed by atoms with E-state index in [1.165, 1.54) is 57.8 Å². The Balaban J connectivity index is 4.30. The summed E-state index contributed by atoms with van der Waals surface area (Å²) in [7, 11) is -4.32. The number of aliphatic hydroxyl groups excluding tert-OH is 1. The summed E-state index contributed by atoms with van der Waals surface area (Å²) in [6, 6.07) is 0. The van der Waals surface area contributed by atoms with Gasteiger partial charge in [0.25, 0.3) is 0 Å². The predicted molar refractivity (Wildman–Crippen MR) is 220 cm³/mol. The quantitative estimate of drug-likeness (QED) is 0.0140. The first kappa shape index (κ1) is 50.7. The highest BCUT2D eigenvalue weighted by Gasteiger charge is 2.25. The average molecular weight is 766 g/mol. The molecule has 0 heterocycles. The summed E-state index contributed by atoms with van der Waals surface area (Å²) < 4.78 is 33.0. The highest BCUT2D eigenvalue weighted by atomic mass is 31.2. The van der Waals surface area contributed by atoms with Crippen molar-refractivity contribution < 1.29 is 37.9 Å². The van der Waals surface area contributed by atoms with Gasteiger partial charge in [-0.25, -0.2) is 4.57 Å². The molecule has 0 saturated carbocycles. The van der Waals surface area contributed by atoms with E-state index < -0.39 is 19.9 Å². The second kappa shape index (κ2) is 39.4. The molecule has 9 nitrogen and oxygen atoms in total. The van der Waals surface area contributed by atoms with Gasteiger partial charge in [-0.3, -0.25) is 13.8 Å². The van der Waals surface area contributed by atoms with Crippen molar-refractivity contribution in [3.05, 3.63) is 73.1 Å². The van der Waals surface area contributed by atoms with Gasteiger partial charge in [-0.15, -0.1) is 0 Å². The van der Waals surface area contributed by atoms with Crippen LogP contribution in [0.3, 0.4) is 0 Å². The molecule has 0 rings (SSSR count). The number of carbonyl (C=O) groups is 1. The van der Waals surface area contributed by atoms with E-state index in [1.54, 1.807) is 6.26 Å². The monoisotopic (exact) mass is 766 g/mol. The largest absolute Gasteiger partial charge is 0.498 e. The van der Waals surface area contributed by atoms with E-state index in [-0.39, 0.29) is 38.9 Å². The second-order valence-corrected chi connectivity index (χ2v) is 14.9. The van der Waals surface area contributed by atoms with Crippen LogP contribution in [0.25, 0.3) is 0 Å². The van der Waals surface area contributed by atoms with Crippen LogP contribution in [0.2, 0.25) is 0 Å². The maximum absolute atomic E-state index is 12.5. The third-order valence-corrected chi connectivity index (χ3v) is 9.25. The molecule has 0 spiro atoms. The number of rotatable bonds is 38. The van der Waals surface area contributed by atoms with Crippen molar-refractivity contribution in [1.82, 2.24) is 0 Å². The van der Waals surface area contributed by atoms with Gasteiger partial charge in [0.15, 0.2) is 6.10 Å². The maximum atomic E-state index is 12.5. The normalized spacial score (nSPS) is 14.8. The molecule has 0 radical (unpaired) electrons. The van der Waals surface area contributed by atoms with E-state index in [9.17, 15) is 19.4 Å². The molecule has 0 aliphatic carbocycles. The lowest BCUT2D eigenvalue weighted by Gasteiger charge is -2.19. The zero-order valence-electron chi connectivity index (χ0n) is 33.3. The van der Waals surface area contributed by atoms with Gasteiger partial charge < -0.3 is 25.2 Å². The molecule has 0 aliphatic heterocycles. The fourth-order valence-electron chi connectivity index (χ4n) is 5.18. The third kappa shape index (κ3) is 39.3. The van der Waals surface area contributed by atoms with Gasteiger partial charge in [-0.1, -0.05) is 139 Å². The van der Waals surface area contributed by atoms with Gasteiger partial charge in [0.2, 0.25) is 0 Å². The summed E-state index contributed by atoms with van der Waals surface area (Å²) in [6.07, 6.45) is 46.3. The smallest absolute Gasteiger partial charge is 0.472 e. The SMILES string of the molecule is CCCCCCCC/C=C\CCCCCC/C=C\OC[C@H](COP(=O)(O)OCCN)OC(=O)CCC/C=C\C/C=C\C/C=C\C=C\[C@@H](O)CCCCC. The van der Waals surface area contributed by atoms with Gasteiger partial charge in [-0.2, -0.15) is 0 Å². The van der Waals surface area contributed by atoms with Crippen LogP contribution < -0.4 is 5.73 Å². The highest BCUT2D eigenvalue weighted by molar-refractivity contribution is 7.47. The zero-order valence-corrected chi connectivity index (χ0v) is 34.2. The second-order valence-electron chi connectivity index (χ2n) is 13.4. The number of hydrogen-bond donors (Lipinski definition) is 3. The minimum atomic E-state index is -4.32. The summed E-state index contributed by atoms with van der Waals surface area (Å²) >= 11 is 0. The predicted octanol–water partition coefficient (Wildman–Crippen LogP) is 11.3. The lowest BCUT2D eigenvalue weighted by molar-refractivity contribution is -0.153. The summed E-state index contributed by atoms with van der Waals surface area (Å²) in [5.41, 5.74) is 5.35. The zero-order chi connectivity index (χ0) is 38.9. The van der Waals surface area contributed by atoms with Crippen LogP contribution in [0.4, 0.5) is 0 Å². The number of aliphatic hydroxyl groups is 1. The number of hydrogen-bond acceptors (Lipinski definition) is 8. The molecule has 3 atom stereocenters. The van der Waals surface area contributed by atoms with Gasteiger partial charge in [-0.05, 0) is 76.7 Å². The minimum absolute atomic E-state index is 0.0110. The van der Waals surface area contributed by atoms with Crippen LogP contribution >= 0.6 is 7.82 Å². The Morgan fingerprint density at radius 1 is 0.679 bits per heavy atom. The van der Waals surface area contributed by atoms with Crippen LogP contribution in [-0.4, -0.2) is 54.5 Å². The van der Waals surface area contributed by atoms with Gasteiger partial charge in [0.1, 0.15) is 6.61 Å². The van der Waals surface area contributed by atoms with E-state index in [1.807, 2.05) is 36.5 Å². The topological polar surface area (TPSA) is 138 Å². The Bertz CT molecular complexity index is 1050. The van der Waals surface area contributed by atoms with Crippen LogP contribution in [0, 0.1) is 0 Å². The summed E-state index contributed by atoms with van der Waals surface area (Å²) in [5, 5.41) is 9.89. The van der Waals surface area contributed by atoms with Crippen LogP contribution in [0.15, 0.2) is 73.1 Å². The Morgan fingerprint density at radius 3 is 1.92 bits per heavy atom. The molecule has 4 N–H and O–H groups in total. The Hall–Kier alpha value is -2.26. The number of ether oxygens (including phenoxy) is 2. The molecule has 1 unspecified atom stereocenters. The molecule has 306 valence electrons. The van der Waals surface area contributed by atoms with E-state index in [4.69, 9.17) is 24.3 Å². The van der Waals surface area contributed by atoms with Gasteiger partial charge in [0.05, 0.1) is 25.6 Å². The van der Waals surface area contributed by atoms with E-state index >= 15 is 0 Å². The molecule has 0 saturated heterocycles. The number of unbranched alkanes of at least 4 members (excludes halogenated alkanes) is 14. The fraction of sp³-hybridized carbons (Fsp3) is 0.698. The maximum Gasteiger partial charge on any atom is 0.472 e. The van der Waals surface area contributed by atoms with Crippen LogP contribution in [-0.2, 0) is 27.9 Å². The Kier molecular flexibility index (Phi) is 37.8. The molecule has 0 aromatic rings. The number of carbonyl (C=O) groups excluding carboxylic acids is 1. The van der Waals surface area contributed by atoms with E-state index in [0.29, 0.717) is 6.42 Å². The molecule has 0 aliphatic rings. The van der Waals surface area contributed by atoms with E-state index in [2.05, 4.69) is 44.2 Å². The molecule has 0 aromatic heterocycles. The van der Waals surface area contributed by atoms with Gasteiger partial charge >= 0.3 is 13.8 Å². The molecule has 0 aromatic carbocycles. The van der Waals surface area contributed by atoms with Gasteiger partial charge in [0, 0.05) is 13.0 Å². The van der Waals surface area contributed by atoms with Crippen molar-refractivity contribution in [2.24, 2.45) is 5.73 Å². The fourth-order valence-corrected chi connectivity index (χ4v) is 5.94. The van der Waals surface area contributed by atoms with Crippen molar-refractivity contribution in [1.29, 1.82) is 0 Å². The molecular formula is C43H76NO8P. The van der Waals surface area contributed by atoms with Crippen molar-refractivity contribution in [2.75, 3.05) is 26.4 Å². The van der Waals surface area contributed by atoms with Crippen molar-refractivity contribution in [3.8, 4) is 0 Å². The number of phosphoric ester groups is 1. The molecule has 0 bridgehead atoms. The summed E-state index contributed by atoms with van der Waals surface area (Å²) in [4.78, 5) is 22.4. The lowest BCUT2D eigenvalue weighted by atomic mass is 10.1. The summed E-state index contributed by atoms with van der Waals surface area (Å²) in [5.74, 6) is -0.429. The van der Waals surface area contributed by atoms with Crippen molar-refractivity contribution in [2.45, 2.75) is 167 Å². The first-order valence-corrected chi connectivity index (χ1v) is 22.1. The molecule has 0 amide bonds. The average Bonchev–Trinajstić information content (AvgIpc) is 3.14. The Morgan fingerprint density at radius 2 is 1.25 bits per heavy atom. The van der Waals surface area contributed by atoms with Crippen molar-refractivity contribution in [3.63, 3.8) is 0 Å².